The van der Waals surface area contributed by atoms with E-state index in [4.69, 9.17) is 0 Å². The second-order valence-electron chi connectivity index (χ2n) is 6.41. The van der Waals surface area contributed by atoms with Crippen LogP contribution in [-0.4, -0.2) is 37.1 Å². The van der Waals surface area contributed by atoms with Crippen molar-refractivity contribution < 1.29 is 0 Å². The van der Waals surface area contributed by atoms with Crippen LogP contribution in [0.4, 0.5) is 0 Å². The first-order chi connectivity index (χ1) is 7.58. The lowest BCUT2D eigenvalue weighted by molar-refractivity contribution is 0.0516. The minimum Gasteiger partial charge on any atom is -0.316 e. The average Bonchev–Trinajstić information content (AvgIpc) is 2.10. The Bertz CT molecular complexity index is 225. The third-order valence-electron chi connectivity index (χ3n) is 4.86. The molecule has 2 aliphatic rings. The van der Waals surface area contributed by atoms with Crippen LogP contribution in [0, 0.1) is 23.7 Å². The van der Waals surface area contributed by atoms with Gasteiger partial charge in [0.25, 0.3) is 0 Å². The van der Waals surface area contributed by atoms with Crippen molar-refractivity contribution in [2.24, 2.45) is 23.7 Å². The number of rotatable bonds is 3. The molecule has 0 saturated carbocycles. The predicted molar refractivity (Wildman–Crippen MR) is 69.5 cm³/mol. The molecule has 2 rings (SSSR count). The normalized spacial score (nSPS) is 39.4. The fourth-order valence-corrected chi connectivity index (χ4v) is 3.31. The van der Waals surface area contributed by atoms with E-state index >= 15 is 0 Å². The Balaban J connectivity index is 1.86. The molecule has 2 heterocycles. The summed E-state index contributed by atoms with van der Waals surface area (Å²) in [5.41, 5.74) is 0. The fraction of sp³-hybridized carbons (Fsp3) is 1.00. The van der Waals surface area contributed by atoms with Gasteiger partial charge in [0, 0.05) is 19.1 Å². The number of likely N-dealkylation sites (tertiary alicyclic amines) is 1. The van der Waals surface area contributed by atoms with Crippen molar-refractivity contribution >= 4 is 0 Å². The van der Waals surface area contributed by atoms with Gasteiger partial charge in [-0.05, 0) is 50.1 Å². The van der Waals surface area contributed by atoms with Crippen molar-refractivity contribution in [3.05, 3.63) is 0 Å². The van der Waals surface area contributed by atoms with E-state index in [1.54, 1.807) is 0 Å². The van der Waals surface area contributed by atoms with Crippen molar-refractivity contribution in [3.63, 3.8) is 0 Å². The third kappa shape index (κ3) is 2.60. The molecule has 16 heavy (non-hydrogen) atoms. The van der Waals surface area contributed by atoms with Gasteiger partial charge < -0.3 is 5.32 Å². The summed E-state index contributed by atoms with van der Waals surface area (Å²) in [5, 5.41) is 3.39. The van der Waals surface area contributed by atoms with Crippen LogP contribution in [0.5, 0.6) is 0 Å². The minimum absolute atomic E-state index is 0.784. The molecule has 0 aromatic rings. The average molecular weight is 224 g/mol. The quantitative estimate of drug-likeness (QED) is 0.791. The molecule has 0 radical (unpaired) electrons. The maximum Gasteiger partial charge on any atom is 0.00928 e. The Morgan fingerprint density at radius 3 is 2.50 bits per heavy atom. The van der Waals surface area contributed by atoms with E-state index < -0.39 is 0 Å². The molecule has 1 N–H and O–H groups in total. The summed E-state index contributed by atoms with van der Waals surface area (Å²) in [7, 11) is 0. The summed E-state index contributed by atoms with van der Waals surface area (Å²) in [5.74, 6) is 3.55. The summed E-state index contributed by atoms with van der Waals surface area (Å²) in [6, 6.07) is 0.784. The molecule has 2 nitrogen and oxygen atoms in total. The summed E-state index contributed by atoms with van der Waals surface area (Å²) in [6.45, 7) is 14.8. The van der Waals surface area contributed by atoms with E-state index in [1.165, 1.54) is 32.6 Å². The van der Waals surface area contributed by atoms with E-state index in [1.807, 2.05) is 0 Å². The maximum absolute atomic E-state index is 3.39. The van der Waals surface area contributed by atoms with E-state index in [0.29, 0.717) is 0 Å². The molecule has 2 aliphatic heterocycles. The summed E-state index contributed by atoms with van der Waals surface area (Å²) in [6.07, 6.45) is 1.41. The van der Waals surface area contributed by atoms with Crippen LogP contribution in [0.25, 0.3) is 0 Å². The Labute approximate surface area is 101 Å². The highest BCUT2D eigenvalue weighted by Crippen LogP contribution is 2.28. The summed E-state index contributed by atoms with van der Waals surface area (Å²) >= 11 is 0. The van der Waals surface area contributed by atoms with Crippen LogP contribution in [0.2, 0.25) is 0 Å². The van der Waals surface area contributed by atoms with Crippen molar-refractivity contribution in [3.8, 4) is 0 Å². The van der Waals surface area contributed by atoms with Crippen LogP contribution in [0.1, 0.15) is 34.1 Å². The molecule has 0 aliphatic carbocycles. The smallest absolute Gasteiger partial charge is 0.00928 e. The Morgan fingerprint density at radius 1 is 1.25 bits per heavy atom. The lowest BCUT2D eigenvalue weighted by atomic mass is 9.83. The largest absolute Gasteiger partial charge is 0.316 e. The van der Waals surface area contributed by atoms with E-state index in [9.17, 15) is 0 Å². The zero-order valence-corrected chi connectivity index (χ0v) is 11.4. The van der Waals surface area contributed by atoms with Gasteiger partial charge in [-0.3, -0.25) is 4.90 Å². The maximum atomic E-state index is 3.39. The highest BCUT2D eigenvalue weighted by Gasteiger charge is 2.32. The zero-order chi connectivity index (χ0) is 11.7. The predicted octanol–water partition coefficient (Wildman–Crippen LogP) is 2.21. The second kappa shape index (κ2) is 5.05. The molecular weight excluding hydrogens is 196 g/mol. The van der Waals surface area contributed by atoms with Gasteiger partial charge in [0.15, 0.2) is 0 Å². The topological polar surface area (TPSA) is 15.3 Å². The van der Waals surface area contributed by atoms with Gasteiger partial charge in [-0.15, -0.1) is 0 Å². The van der Waals surface area contributed by atoms with Crippen LogP contribution >= 0.6 is 0 Å². The molecule has 4 atom stereocenters. The van der Waals surface area contributed by atoms with Crippen LogP contribution in [0.15, 0.2) is 0 Å². The van der Waals surface area contributed by atoms with Gasteiger partial charge in [-0.1, -0.05) is 20.8 Å². The number of nitrogens with zero attached hydrogens (tertiary/aromatic N) is 1. The standard InChI is InChI=1S/C14H28N2/c1-10-5-11(2)13(4)16(8-10)9-12(3)14-6-15-7-14/h10-15H,5-9H2,1-4H3. The number of hydrogen-bond donors (Lipinski definition) is 1. The molecule has 2 heteroatoms. The van der Waals surface area contributed by atoms with Gasteiger partial charge in [0.2, 0.25) is 0 Å². The van der Waals surface area contributed by atoms with E-state index in [-0.39, 0.29) is 0 Å². The number of nitrogens with one attached hydrogen (secondary N) is 1. The molecular formula is C14H28N2. The molecule has 0 spiro atoms. The molecule has 4 unspecified atom stereocenters. The second-order valence-corrected chi connectivity index (χ2v) is 6.41. The Kier molecular flexibility index (Phi) is 3.91. The third-order valence-corrected chi connectivity index (χ3v) is 4.86. The molecule has 0 aromatic heterocycles. The van der Waals surface area contributed by atoms with Gasteiger partial charge in [0.05, 0.1) is 0 Å². The van der Waals surface area contributed by atoms with Crippen LogP contribution in [0.3, 0.4) is 0 Å². The number of hydrogen-bond acceptors (Lipinski definition) is 2. The minimum atomic E-state index is 0.784. The first-order valence-electron chi connectivity index (χ1n) is 7.02. The molecule has 0 bridgehead atoms. The first-order valence-corrected chi connectivity index (χ1v) is 7.02. The zero-order valence-electron chi connectivity index (χ0n) is 11.4. The first kappa shape index (κ1) is 12.4. The Morgan fingerprint density at radius 2 is 1.94 bits per heavy atom. The van der Waals surface area contributed by atoms with Crippen molar-refractivity contribution in [1.82, 2.24) is 10.2 Å². The van der Waals surface area contributed by atoms with E-state index in [0.717, 1.165) is 29.7 Å². The molecule has 0 aromatic carbocycles. The van der Waals surface area contributed by atoms with Gasteiger partial charge in [-0.25, -0.2) is 0 Å². The van der Waals surface area contributed by atoms with E-state index in [2.05, 4.69) is 37.9 Å². The molecule has 2 saturated heterocycles. The summed E-state index contributed by atoms with van der Waals surface area (Å²) < 4.78 is 0. The summed E-state index contributed by atoms with van der Waals surface area (Å²) in [4.78, 5) is 2.74. The van der Waals surface area contributed by atoms with Gasteiger partial charge >= 0.3 is 0 Å². The highest BCUT2D eigenvalue weighted by atomic mass is 15.2. The lowest BCUT2D eigenvalue weighted by Gasteiger charge is -2.44. The van der Waals surface area contributed by atoms with Crippen molar-refractivity contribution in [1.29, 1.82) is 0 Å². The monoisotopic (exact) mass is 224 g/mol. The van der Waals surface area contributed by atoms with Crippen molar-refractivity contribution in [2.45, 2.75) is 40.2 Å². The highest BCUT2D eigenvalue weighted by molar-refractivity contribution is 4.86. The van der Waals surface area contributed by atoms with Gasteiger partial charge in [-0.2, -0.15) is 0 Å². The van der Waals surface area contributed by atoms with Crippen LogP contribution < -0.4 is 5.32 Å². The van der Waals surface area contributed by atoms with Crippen LogP contribution in [-0.2, 0) is 0 Å². The fourth-order valence-electron chi connectivity index (χ4n) is 3.31. The SMILES string of the molecule is CC1CC(C)C(C)N(CC(C)C2CNC2)C1. The van der Waals surface area contributed by atoms with Gasteiger partial charge in [0.1, 0.15) is 0 Å². The Hall–Kier alpha value is -0.0800. The van der Waals surface area contributed by atoms with Crippen molar-refractivity contribution in [2.75, 3.05) is 26.2 Å². The number of piperidine rings is 1. The molecule has 94 valence electrons. The molecule has 2 fully saturated rings. The molecule has 0 amide bonds. The lowest BCUT2D eigenvalue weighted by Crippen LogP contribution is -2.52.